The Bertz CT molecular complexity index is 693. The molecule has 0 saturated heterocycles. The van der Waals surface area contributed by atoms with E-state index in [0.717, 1.165) is 0 Å². The summed E-state index contributed by atoms with van der Waals surface area (Å²) in [7, 11) is -3.60. The summed E-state index contributed by atoms with van der Waals surface area (Å²) in [4.78, 5) is 0.194. The normalized spacial score (nSPS) is 11.6. The van der Waals surface area contributed by atoms with Crippen LogP contribution in [-0.2, 0) is 10.0 Å². The number of benzene rings is 2. The van der Waals surface area contributed by atoms with Gasteiger partial charge in [-0.3, -0.25) is 0 Å². The first kappa shape index (κ1) is 17.5. The standard InChI is InChI=1S/C17H21NO4S/c1-2-12-18(13-14-19)23(20,21)17-10-8-16(9-11-17)22-15-6-4-3-5-7-15/h3-11,19H,2,12-14H2,1H3. The highest BCUT2D eigenvalue weighted by atomic mass is 32.2. The van der Waals surface area contributed by atoms with E-state index in [1.54, 1.807) is 12.1 Å². The Morgan fingerprint density at radius 2 is 1.57 bits per heavy atom. The van der Waals surface area contributed by atoms with Crippen molar-refractivity contribution in [2.45, 2.75) is 18.2 Å². The van der Waals surface area contributed by atoms with Crippen LogP contribution in [-0.4, -0.2) is 37.5 Å². The highest BCUT2D eigenvalue weighted by molar-refractivity contribution is 7.89. The van der Waals surface area contributed by atoms with Crippen LogP contribution in [0, 0.1) is 0 Å². The lowest BCUT2D eigenvalue weighted by molar-refractivity contribution is 0.253. The van der Waals surface area contributed by atoms with Crippen LogP contribution in [0.15, 0.2) is 59.5 Å². The second-order valence-corrected chi connectivity index (χ2v) is 6.95. The number of rotatable bonds is 8. The fraction of sp³-hybridized carbons (Fsp3) is 0.294. The SMILES string of the molecule is CCCN(CCO)S(=O)(=O)c1ccc(Oc2ccccc2)cc1. The van der Waals surface area contributed by atoms with Gasteiger partial charge in [-0.15, -0.1) is 0 Å². The summed E-state index contributed by atoms with van der Waals surface area (Å²) in [5.74, 6) is 1.26. The summed E-state index contributed by atoms with van der Waals surface area (Å²) in [6.07, 6.45) is 0.689. The minimum absolute atomic E-state index is 0.0957. The molecule has 2 rings (SSSR count). The smallest absolute Gasteiger partial charge is 0.243 e. The maximum absolute atomic E-state index is 12.6. The molecule has 2 aromatic carbocycles. The molecule has 0 aliphatic carbocycles. The lowest BCUT2D eigenvalue weighted by Gasteiger charge is -2.20. The zero-order chi connectivity index (χ0) is 16.7. The zero-order valence-corrected chi connectivity index (χ0v) is 13.9. The lowest BCUT2D eigenvalue weighted by atomic mass is 10.3. The Morgan fingerprint density at radius 1 is 0.957 bits per heavy atom. The largest absolute Gasteiger partial charge is 0.457 e. The van der Waals surface area contributed by atoms with E-state index in [0.29, 0.717) is 24.5 Å². The Balaban J connectivity index is 2.17. The third-order valence-electron chi connectivity index (χ3n) is 3.26. The van der Waals surface area contributed by atoms with Crippen LogP contribution in [0.3, 0.4) is 0 Å². The number of hydrogen-bond donors (Lipinski definition) is 1. The zero-order valence-electron chi connectivity index (χ0n) is 13.1. The number of ether oxygens (including phenoxy) is 1. The molecule has 23 heavy (non-hydrogen) atoms. The minimum atomic E-state index is -3.60. The highest BCUT2D eigenvalue weighted by Crippen LogP contribution is 2.24. The summed E-state index contributed by atoms with van der Waals surface area (Å²) < 4.78 is 32.1. The first-order valence-corrected chi connectivity index (χ1v) is 8.96. The van der Waals surface area contributed by atoms with E-state index in [-0.39, 0.29) is 18.0 Å². The molecule has 5 nitrogen and oxygen atoms in total. The van der Waals surface area contributed by atoms with Gasteiger partial charge in [-0.1, -0.05) is 25.1 Å². The Kier molecular flexibility index (Phi) is 6.15. The molecule has 0 amide bonds. The monoisotopic (exact) mass is 335 g/mol. The van der Waals surface area contributed by atoms with Gasteiger partial charge >= 0.3 is 0 Å². The van der Waals surface area contributed by atoms with Crippen LogP contribution in [0.2, 0.25) is 0 Å². The van der Waals surface area contributed by atoms with Gasteiger partial charge in [0, 0.05) is 13.1 Å². The maximum Gasteiger partial charge on any atom is 0.243 e. The fourth-order valence-corrected chi connectivity index (χ4v) is 3.69. The van der Waals surface area contributed by atoms with Gasteiger partial charge in [0.25, 0.3) is 0 Å². The lowest BCUT2D eigenvalue weighted by Crippen LogP contribution is -2.34. The predicted molar refractivity (Wildman–Crippen MR) is 89.1 cm³/mol. The van der Waals surface area contributed by atoms with Crippen LogP contribution in [0.25, 0.3) is 0 Å². The van der Waals surface area contributed by atoms with Crippen LogP contribution < -0.4 is 4.74 Å². The van der Waals surface area contributed by atoms with Gasteiger partial charge < -0.3 is 9.84 Å². The van der Waals surface area contributed by atoms with Crippen molar-refractivity contribution in [1.82, 2.24) is 4.31 Å². The second-order valence-electron chi connectivity index (χ2n) is 5.01. The summed E-state index contributed by atoms with van der Waals surface area (Å²) in [6.45, 7) is 2.18. The van der Waals surface area contributed by atoms with Crippen LogP contribution in [0.4, 0.5) is 0 Å². The van der Waals surface area contributed by atoms with E-state index >= 15 is 0 Å². The first-order valence-electron chi connectivity index (χ1n) is 7.52. The number of sulfonamides is 1. The van der Waals surface area contributed by atoms with Gasteiger partial charge in [-0.2, -0.15) is 4.31 Å². The number of aliphatic hydroxyl groups is 1. The van der Waals surface area contributed by atoms with E-state index in [1.807, 2.05) is 37.3 Å². The van der Waals surface area contributed by atoms with Crippen LogP contribution in [0.1, 0.15) is 13.3 Å². The number of nitrogens with zero attached hydrogens (tertiary/aromatic N) is 1. The number of aliphatic hydroxyl groups excluding tert-OH is 1. The number of para-hydroxylation sites is 1. The molecule has 0 unspecified atom stereocenters. The highest BCUT2D eigenvalue weighted by Gasteiger charge is 2.23. The predicted octanol–water partition coefficient (Wildman–Crippen LogP) is 2.87. The number of hydrogen-bond acceptors (Lipinski definition) is 4. The molecule has 124 valence electrons. The first-order chi connectivity index (χ1) is 11.1. The van der Waals surface area contributed by atoms with Crippen molar-refractivity contribution < 1.29 is 18.3 Å². The van der Waals surface area contributed by atoms with Crippen LogP contribution >= 0.6 is 0 Å². The van der Waals surface area contributed by atoms with Crippen molar-refractivity contribution in [2.75, 3.05) is 19.7 Å². The molecule has 0 radical (unpaired) electrons. The molecule has 0 aliphatic rings. The van der Waals surface area contributed by atoms with Crippen molar-refractivity contribution in [3.05, 3.63) is 54.6 Å². The molecular formula is C17H21NO4S. The molecule has 0 aliphatic heterocycles. The van der Waals surface area contributed by atoms with Crippen molar-refractivity contribution in [2.24, 2.45) is 0 Å². The molecule has 6 heteroatoms. The maximum atomic E-state index is 12.6. The van der Waals surface area contributed by atoms with Gasteiger partial charge in [0.15, 0.2) is 0 Å². The van der Waals surface area contributed by atoms with Gasteiger partial charge in [-0.05, 0) is 42.8 Å². The van der Waals surface area contributed by atoms with E-state index < -0.39 is 10.0 Å². The molecule has 0 bridgehead atoms. The molecule has 0 spiro atoms. The van der Waals surface area contributed by atoms with Gasteiger partial charge in [0.1, 0.15) is 11.5 Å². The van der Waals surface area contributed by atoms with Crippen molar-refractivity contribution in [3.8, 4) is 11.5 Å². The third kappa shape index (κ3) is 4.54. The fourth-order valence-electron chi connectivity index (χ4n) is 2.17. The van der Waals surface area contributed by atoms with Crippen molar-refractivity contribution in [1.29, 1.82) is 0 Å². The Morgan fingerprint density at radius 3 is 2.13 bits per heavy atom. The molecule has 0 saturated carbocycles. The molecule has 0 fully saturated rings. The molecule has 1 N–H and O–H groups in total. The Hall–Kier alpha value is -1.89. The van der Waals surface area contributed by atoms with Gasteiger partial charge in [0.05, 0.1) is 11.5 Å². The Labute approximate surface area is 137 Å². The molecule has 0 heterocycles. The minimum Gasteiger partial charge on any atom is -0.457 e. The van der Waals surface area contributed by atoms with E-state index in [9.17, 15) is 8.42 Å². The molecule has 0 atom stereocenters. The summed E-state index contributed by atoms with van der Waals surface area (Å²) in [5, 5.41) is 9.06. The van der Waals surface area contributed by atoms with E-state index in [2.05, 4.69) is 0 Å². The molecule has 2 aromatic rings. The average molecular weight is 335 g/mol. The summed E-state index contributed by atoms with van der Waals surface area (Å²) in [5.41, 5.74) is 0. The molecule has 0 aromatic heterocycles. The van der Waals surface area contributed by atoms with Crippen LogP contribution in [0.5, 0.6) is 11.5 Å². The van der Waals surface area contributed by atoms with E-state index in [4.69, 9.17) is 9.84 Å². The van der Waals surface area contributed by atoms with Gasteiger partial charge in [0.2, 0.25) is 10.0 Å². The van der Waals surface area contributed by atoms with E-state index in [1.165, 1.54) is 16.4 Å². The summed E-state index contributed by atoms with van der Waals surface area (Å²) in [6, 6.07) is 15.6. The third-order valence-corrected chi connectivity index (χ3v) is 5.18. The molecular weight excluding hydrogens is 314 g/mol. The average Bonchev–Trinajstić information content (AvgIpc) is 2.56. The van der Waals surface area contributed by atoms with Gasteiger partial charge in [-0.25, -0.2) is 8.42 Å². The second kappa shape index (κ2) is 8.10. The topological polar surface area (TPSA) is 66.8 Å². The quantitative estimate of drug-likeness (QED) is 0.805. The van der Waals surface area contributed by atoms with Crippen molar-refractivity contribution >= 4 is 10.0 Å². The van der Waals surface area contributed by atoms with Crippen molar-refractivity contribution in [3.63, 3.8) is 0 Å². The summed E-state index contributed by atoms with van der Waals surface area (Å²) >= 11 is 0.